The largest absolute Gasteiger partial charge is 0.330 e. The molecule has 1 atom stereocenters. The van der Waals surface area contributed by atoms with Crippen molar-refractivity contribution in [2.75, 3.05) is 5.32 Å². The Balaban J connectivity index is 2.07. The Kier molecular flexibility index (Phi) is 2.62. The maximum atomic E-state index is 4.96. The molecule has 0 saturated heterocycles. The molecule has 5 nitrogen and oxygen atoms in total. The lowest BCUT2D eigenvalue weighted by atomic mass is 10.2. The van der Waals surface area contributed by atoms with Gasteiger partial charge in [0.25, 0.3) is 0 Å². The van der Waals surface area contributed by atoms with Crippen molar-refractivity contribution in [3.8, 4) is 0 Å². The second kappa shape index (κ2) is 4.08. The number of anilines is 1. The number of nitrogens with one attached hydrogen (secondary N) is 1. The summed E-state index contributed by atoms with van der Waals surface area (Å²) >= 11 is 0. The molecule has 2 rings (SSSR count). The van der Waals surface area contributed by atoms with Crippen LogP contribution in [-0.4, -0.2) is 15.1 Å². The van der Waals surface area contributed by atoms with Crippen molar-refractivity contribution in [2.45, 2.75) is 19.9 Å². The number of rotatable bonds is 3. The highest BCUT2D eigenvalue weighted by Gasteiger charge is 2.09. The van der Waals surface area contributed by atoms with Crippen LogP contribution in [0.1, 0.15) is 24.5 Å². The second-order valence-electron chi connectivity index (χ2n) is 3.27. The lowest BCUT2D eigenvalue weighted by molar-refractivity contribution is 0.422. The van der Waals surface area contributed by atoms with Gasteiger partial charge in [-0.15, -0.1) is 0 Å². The van der Waals surface area contributed by atoms with Crippen LogP contribution in [0, 0.1) is 6.92 Å². The van der Waals surface area contributed by atoms with E-state index in [0.717, 1.165) is 5.69 Å². The molecule has 1 N–H and O–H groups in total. The molecule has 0 aromatic carbocycles. The first-order valence-electron chi connectivity index (χ1n) is 4.73. The molecule has 0 amide bonds. The number of hydrogen-bond acceptors (Lipinski definition) is 5. The van der Waals surface area contributed by atoms with E-state index in [2.05, 4.69) is 20.4 Å². The van der Waals surface area contributed by atoms with Gasteiger partial charge in [-0.2, -0.15) is 4.98 Å². The third-order valence-corrected chi connectivity index (χ3v) is 2.00. The maximum Gasteiger partial charge on any atom is 0.321 e. The molecule has 0 saturated carbocycles. The molecule has 0 bridgehead atoms. The van der Waals surface area contributed by atoms with Crippen LogP contribution in [-0.2, 0) is 0 Å². The third kappa shape index (κ3) is 2.31. The van der Waals surface area contributed by atoms with E-state index in [4.69, 9.17) is 4.52 Å². The molecular formula is C10H12N4O. The molecule has 0 fully saturated rings. The fourth-order valence-corrected chi connectivity index (χ4v) is 1.25. The summed E-state index contributed by atoms with van der Waals surface area (Å²) in [5.41, 5.74) is 0.938. The van der Waals surface area contributed by atoms with Gasteiger partial charge in [-0.05, 0) is 26.0 Å². The number of pyridine rings is 1. The predicted octanol–water partition coefficient (Wildman–Crippen LogP) is 1.95. The Morgan fingerprint density at radius 3 is 2.87 bits per heavy atom. The van der Waals surface area contributed by atoms with E-state index in [1.807, 2.05) is 25.1 Å². The van der Waals surface area contributed by atoms with Crippen molar-refractivity contribution in [3.63, 3.8) is 0 Å². The van der Waals surface area contributed by atoms with Gasteiger partial charge in [0.1, 0.15) is 0 Å². The second-order valence-corrected chi connectivity index (χ2v) is 3.27. The Bertz CT molecular complexity index is 426. The molecule has 2 heterocycles. The van der Waals surface area contributed by atoms with E-state index >= 15 is 0 Å². The fraction of sp³-hybridized carbons (Fsp3) is 0.300. The summed E-state index contributed by atoms with van der Waals surface area (Å²) in [6.07, 6.45) is 1.76. The minimum atomic E-state index is 0.0473. The zero-order valence-corrected chi connectivity index (χ0v) is 8.64. The summed E-state index contributed by atoms with van der Waals surface area (Å²) in [5, 5.41) is 6.77. The highest BCUT2D eigenvalue weighted by atomic mass is 16.5. The smallest absolute Gasteiger partial charge is 0.321 e. The Hall–Kier alpha value is -1.91. The number of hydrogen-bond donors (Lipinski definition) is 1. The van der Waals surface area contributed by atoms with E-state index in [9.17, 15) is 0 Å². The summed E-state index contributed by atoms with van der Waals surface area (Å²) in [7, 11) is 0. The van der Waals surface area contributed by atoms with Crippen molar-refractivity contribution in [1.29, 1.82) is 0 Å². The molecule has 0 aliphatic heterocycles. The van der Waals surface area contributed by atoms with E-state index in [1.54, 1.807) is 13.1 Å². The highest BCUT2D eigenvalue weighted by Crippen LogP contribution is 2.14. The zero-order chi connectivity index (χ0) is 10.7. The van der Waals surface area contributed by atoms with Crippen LogP contribution in [0.5, 0.6) is 0 Å². The van der Waals surface area contributed by atoms with Crippen molar-refractivity contribution >= 4 is 6.01 Å². The number of aryl methyl sites for hydroxylation is 1. The average Bonchev–Trinajstić information content (AvgIpc) is 2.65. The van der Waals surface area contributed by atoms with Crippen LogP contribution in [0.15, 0.2) is 28.9 Å². The van der Waals surface area contributed by atoms with Crippen LogP contribution in [0.4, 0.5) is 6.01 Å². The first-order valence-corrected chi connectivity index (χ1v) is 4.73. The Morgan fingerprint density at radius 1 is 1.40 bits per heavy atom. The quantitative estimate of drug-likeness (QED) is 0.827. The summed E-state index contributed by atoms with van der Waals surface area (Å²) in [6.45, 7) is 3.77. The molecule has 78 valence electrons. The molecule has 5 heteroatoms. The van der Waals surface area contributed by atoms with E-state index in [1.165, 1.54) is 0 Å². The van der Waals surface area contributed by atoms with E-state index in [-0.39, 0.29) is 6.04 Å². The maximum absolute atomic E-state index is 4.96. The summed E-state index contributed by atoms with van der Waals surface area (Å²) < 4.78 is 4.96. The first-order chi connectivity index (χ1) is 7.25. The Labute approximate surface area is 87.5 Å². The lowest BCUT2D eigenvalue weighted by Crippen LogP contribution is -2.08. The monoisotopic (exact) mass is 204 g/mol. The van der Waals surface area contributed by atoms with Gasteiger partial charge in [0.05, 0.1) is 11.7 Å². The molecular weight excluding hydrogens is 192 g/mol. The first kappa shape index (κ1) is 9.64. The van der Waals surface area contributed by atoms with Gasteiger partial charge in [-0.25, -0.2) is 0 Å². The molecule has 2 aromatic rings. The molecule has 1 unspecified atom stereocenters. The van der Waals surface area contributed by atoms with Gasteiger partial charge >= 0.3 is 6.01 Å². The average molecular weight is 204 g/mol. The van der Waals surface area contributed by atoms with Crippen LogP contribution >= 0.6 is 0 Å². The lowest BCUT2D eigenvalue weighted by Gasteiger charge is -2.09. The molecule has 0 aliphatic carbocycles. The minimum Gasteiger partial charge on any atom is -0.330 e. The van der Waals surface area contributed by atoms with Gasteiger partial charge in [0, 0.05) is 6.20 Å². The molecule has 0 spiro atoms. The Morgan fingerprint density at radius 2 is 2.27 bits per heavy atom. The fourth-order valence-electron chi connectivity index (χ4n) is 1.25. The van der Waals surface area contributed by atoms with Gasteiger partial charge in [0.15, 0.2) is 5.82 Å². The van der Waals surface area contributed by atoms with E-state index in [0.29, 0.717) is 11.8 Å². The predicted molar refractivity (Wildman–Crippen MR) is 55.3 cm³/mol. The highest BCUT2D eigenvalue weighted by molar-refractivity contribution is 5.24. The van der Waals surface area contributed by atoms with Gasteiger partial charge in [-0.3, -0.25) is 4.98 Å². The van der Waals surface area contributed by atoms with Crippen LogP contribution in [0.3, 0.4) is 0 Å². The summed E-state index contributed by atoms with van der Waals surface area (Å²) in [4.78, 5) is 8.29. The minimum absolute atomic E-state index is 0.0473. The van der Waals surface area contributed by atoms with Crippen molar-refractivity contribution < 1.29 is 4.52 Å². The topological polar surface area (TPSA) is 63.8 Å². The summed E-state index contributed by atoms with van der Waals surface area (Å²) in [6, 6.07) is 6.24. The van der Waals surface area contributed by atoms with Crippen LogP contribution in [0.25, 0.3) is 0 Å². The van der Waals surface area contributed by atoms with Gasteiger partial charge in [-0.1, -0.05) is 11.2 Å². The third-order valence-electron chi connectivity index (χ3n) is 2.00. The molecule has 0 radical (unpaired) electrons. The molecule has 0 aliphatic rings. The van der Waals surface area contributed by atoms with Crippen LogP contribution < -0.4 is 5.32 Å². The van der Waals surface area contributed by atoms with Crippen molar-refractivity contribution in [1.82, 2.24) is 15.1 Å². The van der Waals surface area contributed by atoms with Crippen molar-refractivity contribution in [2.24, 2.45) is 0 Å². The molecule has 2 aromatic heterocycles. The van der Waals surface area contributed by atoms with Crippen molar-refractivity contribution in [3.05, 3.63) is 35.9 Å². The van der Waals surface area contributed by atoms with E-state index < -0.39 is 0 Å². The number of nitrogens with zero attached hydrogens (tertiary/aromatic N) is 3. The van der Waals surface area contributed by atoms with Crippen LogP contribution in [0.2, 0.25) is 0 Å². The normalized spacial score (nSPS) is 12.4. The zero-order valence-electron chi connectivity index (χ0n) is 8.64. The summed E-state index contributed by atoms with van der Waals surface area (Å²) in [5.74, 6) is 0.616. The SMILES string of the molecule is Cc1noc(NC(C)c2ccccn2)n1. The van der Waals surface area contributed by atoms with Gasteiger partial charge in [0.2, 0.25) is 0 Å². The standard InChI is InChI=1S/C10H12N4O/c1-7(9-5-3-4-6-11-9)12-10-13-8(2)14-15-10/h3-7H,1-2H3,(H,12,13,14). The van der Waals surface area contributed by atoms with Gasteiger partial charge < -0.3 is 9.84 Å². The number of aromatic nitrogens is 3. The molecule has 15 heavy (non-hydrogen) atoms.